The summed E-state index contributed by atoms with van der Waals surface area (Å²) in [5.41, 5.74) is 5.39. The minimum Gasteiger partial charge on any atom is -0.353 e. The highest BCUT2D eigenvalue weighted by Gasteiger charge is 2.37. The molecule has 5 nitrogen and oxygen atoms in total. The van der Waals surface area contributed by atoms with Crippen molar-refractivity contribution in [3.05, 3.63) is 0 Å². The Morgan fingerprint density at radius 1 is 1.14 bits per heavy atom. The molecule has 0 aromatic rings. The van der Waals surface area contributed by atoms with Crippen LogP contribution in [0.2, 0.25) is 0 Å². The number of hydrogen-bond donors (Lipinski definition) is 2. The van der Waals surface area contributed by atoms with Crippen molar-refractivity contribution in [3.8, 4) is 0 Å². The minimum absolute atomic E-state index is 0.0852. The van der Waals surface area contributed by atoms with Gasteiger partial charge < -0.3 is 16.0 Å². The smallest absolute Gasteiger partial charge is 0.227 e. The molecule has 5 heteroatoms. The molecule has 0 spiro atoms. The summed E-state index contributed by atoms with van der Waals surface area (Å²) in [5.74, 6) is 0.696. The molecule has 0 radical (unpaired) electrons. The van der Waals surface area contributed by atoms with E-state index in [1.165, 1.54) is 0 Å². The maximum atomic E-state index is 12.5. The van der Waals surface area contributed by atoms with E-state index < -0.39 is 5.41 Å². The molecule has 1 heterocycles. The van der Waals surface area contributed by atoms with E-state index >= 15 is 0 Å². The first-order valence-corrected chi connectivity index (χ1v) is 8.36. The fourth-order valence-electron chi connectivity index (χ4n) is 3.12. The van der Waals surface area contributed by atoms with Crippen LogP contribution in [0.5, 0.6) is 0 Å². The molecule has 120 valence electrons. The summed E-state index contributed by atoms with van der Waals surface area (Å²) in [7, 11) is 0. The lowest BCUT2D eigenvalue weighted by atomic mass is 9.81. The van der Waals surface area contributed by atoms with Crippen molar-refractivity contribution in [2.75, 3.05) is 19.6 Å². The Labute approximate surface area is 127 Å². The highest BCUT2D eigenvalue weighted by molar-refractivity contribution is 5.83. The van der Waals surface area contributed by atoms with E-state index in [-0.39, 0.29) is 11.9 Å². The molecule has 0 atom stereocenters. The highest BCUT2D eigenvalue weighted by Crippen LogP contribution is 2.32. The summed E-state index contributed by atoms with van der Waals surface area (Å²) >= 11 is 0. The van der Waals surface area contributed by atoms with Crippen molar-refractivity contribution < 1.29 is 9.59 Å². The second-order valence-corrected chi connectivity index (χ2v) is 6.54. The molecule has 2 amide bonds. The number of carbonyl (C=O) groups excluding carboxylic acids is 2. The SMILES string of the molecule is CCC(CC)(CN)C(=O)NC1CCN(C(=O)C2CC2)CC1. The number of hydrogen-bond acceptors (Lipinski definition) is 3. The van der Waals surface area contributed by atoms with E-state index in [9.17, 15) is 9.59 Å². The summed E-state index contributed by atoms with van der Waals surface area (Å²) < 4.78 is 0. The van der Waals surface area contributed by atoms with Crippen LogP contribution < -0.4 is 11.1 Å². The Hall–Kier alpha value is -1.10. The van der Waals surface area contributed by atoms with E-state index in [2.05, 4.69) is 5.32 Å². The Morgan fingerprint density at radius 3 is 2.14 bits per heavy atom. The molecule has 0 bridgehead atoms. The first-order chi connectivity index (χ1) is 10.1. The van der Waals surface area contributed by atoms with Crippen LogP contribution in [-0.4, -0.2) is 42.4 Å². The summed E-state index contributed by atoms with van der Waals surface area (Å²) in [4.78, 5) is 26.5. The molecular weight excluding hydrogens is 266 g/mol. The zero-order valence-corrected chi connectivity index (χ0v) is 13.4. The van der Waals surface area contributed by atoms with Gasteiger partial charge in [-0.2, -0.15) is 0 Å². The summed E-state index contributed by atoms with van der Waals surface area (Å²) in [6.07, 6.45) is 5.37. The quantitative estimate of drug-likeness (QED) is 0.775. The lowest BCUT2D eigenvalue weighted by Crippen LogP contribution is -2.52. The Balaban J connectivity index is 1.82. The Bertz CT molecular complexity index is 373. The lowest BCUT2D eigenvalue weighted by molar-refractivity contribution is -0.134. The van der Waals surface area contributed by atoms with Crippen molar-refractivity contribution in [1.29, 1.82) is 0 Å². The standard InChI is InChI=1S/C16H29N3O2/c1-3-16(4-2,11-17)15(21)18-13-7-9-19(10-8-13)14(20)12-5-6-12/h12-13H,3-11,17H2,1-2H3,(H,18,21). The minimum atomic E-state index is -0.430. The van der Waals surface area contributed by atoms with Gasteiger partial charge in [0.25, 0.3) is 0 Å². The number of nitrogens with one attached hydrogen (secondary N) is 1. The van der Waals surface area contributed by atoms with Crippen molar-refractivity contribution in [1.82, 2.24) is 10.2 Å². The van der Waals surface area contributed by atoms with Gasteiger partial charge in [-0.05, 0) is 38.5 Å². The number of rotatable bonds is 6. The van der Waals surface area contributed by atoms with Gasteiger partial charge in [0.2, 0.25) is 11.8 Å². The zero-order valence-electron chi connectivity index (χ0n) is 13.4. The maximum Gasteiger partial charge on any atom is 0.227 e. The van der Waals surface area contributed by atoms with Gasteiger partial charge in [-0.3, -0.25) is 9.59 Å². The maximum absolute atomic E-state index is 12.5. The average molecular weight is 295 g/mol. The number of amides is 2. The van der Waals surface area contributed by atoms with Crippen LogP contribution in [0.15, 0.2) is 0 Å². The normalized spacial score (nSPS) is 20.4. The number of nitrogens with two attached hydrogens (primary N) is 1. The van der Waals surface area contributed by atoms with Gasteiger partial charge in [0, 0.05) is 31.6 Å². The monoisotopic (exact) mass is 295 g/mol. The lowest BCUT2D eigenvalue weighted by Gasteiger charge is -2.35. The van der Waals surface area contributed by atoms with Crippen LogP contribution in [0.3, 0.4) is 0 Å². The van der Waals surface area contributed by atoms with Gasteiger partial charge in [-0.15, -0.1) is 0 Å². The van der Waals surface area contributed by atoms with Crippen LogP contribution in [0.1, 0.15) is 52.4 Å². The van der Waals surface area contributed by atoms with Crippen molar-refractivity contribution in [2.24, 2.45) is 17.1 Å². The molecule has 0 aromatic heterocycles. The highest BCUT2D eigenvalue weighted by atomic mass is 16.2. The molecule has 21 heavy (non-hydrogen) atoms. The van der Waals surface area contributed by atoms with Gasteiger partial charge in [0.05, 0.1) is 5.41 Å². The van der Waals surface area contributed by atoms with Crippen LogP contribution in [0.25, 0.3) is 0 Å². The molecule has 0 aromatic carbocycles. The number of carbonyl (C=O) groups is 2. The van der Waals surface area contributed by atoms with Crippen molar-refractivity contribution >= 4 is 11.8 Å². The largest absolute Gasteiger partial charge is 0.353 e. The molecule has 1 saturated carbocycles. The number of nitrogens with zero attached hydrogens (tertiary/aromatic N) is 1. The van der Waals surface area contributed by atoms with Gasteiger partial charge in [0.15, 0.2) is 0 Å². The van der Waals surface area contributed by atoms with Crippen LogP contribution >= 0.6 is 0 Å². The summed E-state index contributed by atoms with van der Waals surface area (Å²) in [6, 6.07) is 0.185. The van der Waals surface area contributed by atoms with Crippen LogP contribution in [0, 0.1) is 11.3 Å². The molecule has 1 saturated heterocycles. The first-order valence-electron chi connectivity index (χ1n) is 8.36. The van der Waals surface area contributed by atoms with Gasteiger partial charge in [0.1, 0.15) is 0 Å². The van der Waals surface area contributed by atoms with Gasteiger partial charge in [-0.25, -0.2) is 0 Å². The average Bonchev–Trinajstić information content (AvgIpc) is 3.34. The Morgan fingerprint density at radius 2 is 1.71 bits per heavy atom. The topological polar surface area (TPSA) is 75.4 Å². The first kappa shape index (κ1) is 16.3. The predicted octanol–water partition coefficient (Wildman–Crippen LogP) is 1.27. The van der Waals surface area contributed by atoms with E-state index in [1.807, 2.05) is 18.7 Å². The third kappa shape index (κ3) is 3.57. The van der Waals surface area contributed by atoms with E-state index in [4.69, 9.17) is 5.73 Å². The fraction of sp³-hybridized carbons (Fsp3) is 0.875. The second-order valence-electron chi connectivity index (χ2n) is 6.54. The summed E-state index contributed by atoms with van der Waals surface area (Å²) in [5, 5.41) is 3.16. The molecule has 2 fully saturated rings. The van der Waals surface area contributed by atoms with Crippen molar-refractivity contribution in [3.63, 3.8) is 0 Å². The van der Waals surface area contributed by atoms with Gasteiger partial charge in [-0.1, -0.05) is 13.8 Å². The molecule has 2 rings (SSSR count). The van der Waals surface area contributed by atoms with Crippen LogP contribution in [0.4, 0.5) is 0 Å². The van der Waals surface area contributed by atoms with Gasteiger partial charge >= 0.3 is 0 Å². The van der Waals surface area contributed by atoms with Crippen LogP contribution in [-0.2, 0) is 9.59 Å². The zero-order chi connectivity index (χ0) is 15.5. The van der Waals surface area contributed by atoms with E-state index in [1.54, 1.807) is 0 Å². The summed E-state index contributed by atoms with van der Waals surface area (Å²) in [6.45, 7) is 5.98. The molecule has 1 aliphatic heterocycles. The Kier molecular flexibility index (Phi) is 5.25. The van der Waals surface area contributed by atoms with Crippen molar-refractivity contribution in [2.45, 2.75) is 58.4 Å². The predicted molar refractivity (Wildman–Crippen MR) is 82.5 cm³/mol. The molecule has 0 unspecified atom stereocenters. The number of likely N-dealkylation sites (tertiary alicyclic amines) is 1. The third-order valence-electron chi connectivity index (χ3n) is 5.29. The van der Waals surface area contributed by atoms with E-state index in [0.717, 1.165) is 51.6 Å². The molecule has 2 aliphatic rings. The third-order valence-corrected chi connectivity index (χ3v) is 5.29. The molecule has 1 aliphatic carbocycles. The second kappa shape index (κ2) is 6.77. The molecular formula is C16H29N3O2. The molecule has 3 N–H and O–H groups in total. The fourth-order valence-corrected chi connectivity index (χ4v) is 3.12. The van der Waals surface area contributed by atoms with E-state index in [0.29, 0.717) is 18.4 Å². The number of piperidine rings is 1.